The Balaban J connectivity index is 1.32. The first-order valence-electron chi connectivity index (χ1n) is 12.7. The van der Waals surface area contributed by atoms with E-state index in [-0.39, 0.29) is 11.6 Å². The summed E-state index contributed by atoms with van der Waals surface area (Å²) in [6.07, 6.45) is 4.05. The number of H-pyrrole nitrogens is 1. The Morgan fingerprint density at radius 2 is 1.92 bits per heavy atom. The fourth-order valence-corrected chi connectivity index (χ4v) is 5.97. The van der Waals surface area contributed by atoms with Gasteiger partial charge >= 0.3 is 0 Å². The lowest BCUT2D eigenvalue weighted by Gasteiger charge is -2.32. The molecule has 0 spiro atoms. The van der Waals surface area contributed by atoms with Crippen LogP contribution in [0.4, 0.5) is 11.8 Å². The zero-order valence-electron chi connectivity index (χ0n) is 20.3. The van der Waals surface area contributed by atoms with Crippen LogP contribution in [0, 0.1) is 6.92 Å². The van der Waals surface area contributed by atoms with E-state index in [0.717, 1.165) is 73.6 Å². The van der Waals surface area contributed by atoms with Gasteiger partial charge in [-0.15, -0.1) is 0 Å². The van der Waals surface area contributed by atoms with Crippen molar-refractivity contribution in [3.63, 3.8) is 0 Å². The number of nitrogens with one attached hydrogen (secondary N) is 3. The maximum absolute atomic E-state index is 13.5. The summed E-state index contributed by atoms with van der Waals surface area (Å²) in [6.45, 7) is 5.43. The maximum atomic E-state index is 13.5. The molecule has 6 rings (SSSR count). The quantitative estimate of drug-likeness (QED) is 0.379. The third-order valence-electron chi connectivity index (χ3n) is 7.09. The van der Waals surface area contributed by atoms with E-state index in [9.17, 15) is 4.79 Å². The molecular formula is C26H30N8OS. The van der Waals surface area contributed by atoms with E-state index < -0.39 is 0 Å². The Kier molecular flexibility index (Phi) is 6.37. The highest BCUT2D eigenvalue weighted by atomic mass is 32.1. The lowest BCUT2D eigenvalue weighted by Crippen LogP contribution is -2.40. The normalized spacial score (nSPS) is 19.0. The Bertz CT molecular complexity index is 1420. The summed E-state index contributed by atoms with van der Waals surface area (Å²) in [4.78, 5) is 33.1. The van der Waals surface area contributed by atoms with Crippen molar-refractivity contribution in [2.75, 3.05) is 36.4 Å². The molecule has 5 heterocycles. The number of fused-ring (bicyclic) bond motifs is 1. The largest absolute Gasteiger partial charge is 0.365 e. The molecule has 0 amide bonds. The lowest BCUT2D eigenvalue weighted by atomic mass is 9.98. The summed E-state index contributed by atoms with van der Waals surface area (Å²) in [5.41, 5.74) is 1.81. The summed E-state index contributed by atoms with van der Waals surface area (Å²) in [5, 5.41) is 9.17. The highest BCUT2D eigenvalue weighted by Crippen LogP contribution is 2.32. The minimum absolute atomic E-state index is 0.170. The number of hydrogen-bond acceptors (Lipinski definition) is 9. The third kappa shape index (κ3) is 4.70. The van der Waals surface area contributed by atoms with Crippen LogP contribution in [0.3, 0.4) is 0 Å². The molecule has 2 fully saturated rings. The van der Waals surface area contributed by atoms with Gasteiger partial charge in [0.05, 0.1) is 11.2 Å². The van der Waals surface area contributed by atoms with E-state index in [1.165, 1.54) is 11.5 Å². The van der Waals surface area contributed by atoms with E-state index in [0.29, 0.717) is 28.9 Å². The molecule has 2 aliphatic heterocycles. The minimum Gasteiger partial charge on any atom is -0.365 e. The van der Waals surface area contributed by atoms with Crippen molar-refractivity contribution < 1.29 is 0 Å². The van der Waals surface area contributed by atoms with Crippen LogP contribution in [0.15, 0.2) is 41.2 Å². The third-order valence-corrected chi connectivity index (χ3v) is 8.05. The Hall–Kier alpha value is -3.37. The molecule has 9 nitrogen and oxygen atoms in total. The lowest BCUT2D eigenvalue weighted by molar-refractivity contribution is 0.478. The van der Waals surface area contributed by atoms with Crippen LogP contribution < -0.4 is 21.1 Å². The van der Waals surface area contributed by atoms with Crippen LogP contribution in [0.1, 0.15) is 42.4 Å². The molecule has 0 unspecified atom stereocenters. The Morgan fingerprint density at radius 1 is 1.06 bits per heavy atom. The summed E-state index contributed by atoms with van der Waals surface area (Å²) < 4.78 is 4.34. The number of rotatable bonds is 5. The molecule has 3 N–H and O–H groups in total. The molecule has 2 aliphatic rings. The second-order valence-corrected chi connectivity index (χ2v) is 10.4. The van der Waals surface area contributed by atoms with Gasteiger partial charge in [-0.05, 0) is 62.8 Å². The van der Waals surface area contributed by atoms with E-state index in [1.807, 2.05) is 43.3 Å². The van der Waals surface area contributed by atoms with Crippen molar-refractivity contribution in [1.82, 2.24) is 29.6 Å². The van der Waals surface area contributed by atoms with Crippen LogP contribution in [0.5, 0.6) is 0 Å². The molecule has 0 saturated carbocycles. The topological polar surface area (TPSA) is 112 Å². The van der Waals surface area contributed by atoms with Gasteiger partial charge in [0, 0.05) is 37.0 Å². The Labute approximate surface area is 213 Å². The molecule has 2 saturated heterocycles. The number of aryl methyl sites for hydroxylation is 1. The standard InChI is InChI=1S/C26H30N8OS/c1-16-28-25(36-33-16)18-10-13-34(14-11-18)26-31-23(29-19-6-4-12-27-15-19)22(24(35)32-26)21-9-8-17-5-2-3-7-20(17)30-21/h2-3,5,7-9,18-19,27H,4,6,10-15H2,1H3,(H2,29,31,32,35)/t19-/m1/s1. The van der Waals surface area contributed by atoms with E-state index in [1.54, 1.807) is 0 Å². The number of pyridine rings is 1. The van der Waals surface area contributed by atoms with Gasteiger partial charge < -0.3 is 15.5 Å². The first kappa shape index (κ1) is 23.1. The monoisotopic (exact) mass is 502 g/mol. The zero-order valence-corrected chi connectivity index (χ0v) is 21.1. The van der Waals surface area contributed by atoms with Gasteiger partial charge in [0.25, 0.3) is 5.56 Å². The average molecular weight is 503 g/mol. The van der Waals surface area contributed by atoms with E-state index >= 15 is 0 Å². The molecule has 1 atom stereocenters. The van der Waals surface area contributed by atoms with Crippen LogP contribution in [0.25, 0.3) is 22.2 Å². The van der Waals surface area contributed by atoms with Crippen molar-refractivity contribution >= 4 is 34.2 Å². The number of aromatic amines is 1. The number of hydrogen-bond donors (Lipinski definition) is 3. The number of aromatic nitrogens is 5. The second kappa shape index (κ2) is 9.94. The summed E-state index contributed by atoms with van der Waals surface area (Å²) >= 11 is 1.50. The van der Waals surface area contributed by atoms with Gasteiger partial charge in [-0.3, -0.25) is 9.78 Å². The van der Waals surface area contributed by atoms with Gasteiger partial charge in [-0.25, -0.2) is 9.97 Å². The molecule has 0 bridgehead atoms. The zero-order chi connectivity index (χ0) is 24.5. The van der Waals surface area contributed by atoms with Gasteiger partial charge in [-0.2, -0.15) is 9.36 Å². The number of nitrogens with zero attached hydrogens (tertiary/aromatic N) is 5. The smallest absolute Gasteiger partial charge is 0.263 e. The molecule has 36 heavy (non-hydrogen) atoms. The van der Waals surface area contributed by atoms with E-state index in [2.05, 4.69) is 29.9 Å². The van der Waals surface area contributed by atoms with Crippen LogP contribution in [0.2, 0.25) is 0 Å². The van der Waals surface area contributed by atoms with Gasteiger partial charge in [0.1, 0.15) is 22.2 Å². The maximum Gasteiger partial charge on any atom is 0.263 e. The highest BCUT2D eigenvalue weighted by Gasteiger charge is 2.27. The second-order valence-electron chi connectivity index (χ2n) is 9.63. The van der Waals surface area contributed by atoms with Crippen LogP contribution >= 0.6 is 11.5 Å². The van der Waals surface area contributed by atoms with Gasteiger partial charge in [-0.1, -0.05) is 24.3 Å². The number of benzene rings is 1. The SMILES string of the molecule is Cc1nsc(C2CCN(c3nc(N[C@@H]4CCCNC4)c(-c4ccc5ccccc5n4)c(=O)[nH]3)CC2)n1. The van der Waals surface area contributed by atoms with Crippen molar-refractivity contribution in [2.24, 2.45) is 0 Å². The van der Waals surface area contributed by atoms with Crippen molar-refractivity contribution in [2.45, 2.75) is 44.6 Å². The highest BCUT2D eigenvalue weighted by molar-refractivity contribution is 7.05. The van der Waals surface area contributed by atoms with E-state index in [4.69, 9.17) is 9.97 Å². The molecule has 10 heteroatoms. The molecule has 186 valence electrons. The molecule has 4 aromatic rings. The van der Waals surface area contributed by atoms with Crippen LogP contribution in [-0.4, -0.2) is 56.5 Å². The fraction of sp³-hybridized carbons (Fsp3) is 0.423. The first-order chi connectivity index (χ1) is 17.6. The predicted octanol–water partition coefficient (Wildman–Crippen LogP) is 3.69. The molecule has 0 aliphatic carbocycles. The average Bonchev–Trinajstić information content (AvgIpc) is 3.35. The van der Waals surface area contributed by atoms with Crippen molar-refractivity contribution in [3.8, 4) is 11.3 Å². The molecule has 3 aromatic heterocycles. The Morgan fingerprint density at radius 3 is 2.69 bits per heavy atom. The van der Waals surface area contributed by atoms with Crippen molar-refractivity contribution in [1.29, 1.82) is 0 Å². The van der Waals surface area contributed by atoms with Crippen LogP contribution in [-0.2, 0) is 0 Å². The minimum atomic E-state index is -0.170. The molecular weight excluding hydrogens is 472 g/mol. The summed E-state index contributed by atoms with van der Waals surface area (Å²) in [6, 6.07) is 12.1. The fourth-order valence-electron chi connectivity index (χ4n) is 5.14. The summed E-state index contributed by atoms with van der Waals surface area (Å²) in [7, 11) is 0. The summed E-state index contributed by atoms with van der Waals surface area (Å²) in [5.74, 6) is 2.47. The molecule has 0 radical (unpaired) electrons. The van der Waals surface area contributed by atoms with Gasteiger partial charge in [0.2, 0.25) is 5.95 Å². The number of para-hydroxylation sites is 1. The van der Waals surface area contributed by atoms with Crippen molar-refractivity contribution in [3.05, 3.63) is 57.6 Å². The van der Waals surface area contributed by atoms with Gasteiger partial charge in [0.15, 0.2) is 0 Å². The predicted molar refractivity (Wildman–Crippen MR) is 144 cm³/mol. The number of piperidine rings is 2. The number of anilines is 2. The first-order valence-corrected chi connectivity index (χ1v) is 13.4. The molecule has 1 aromatic carbocycles.